The molecule has 6 heteroatoms. The molecule has 3 atom stereocenters. The second-order valence-electron chi connectivity index (χ2n) is 5.77. The van der Waals surface area contributed by atoms with Gasteiger partial charge in [0, 0.05) is 12.6 Å². The van der Waals surface area contributed by atoms with Crippen molar-refractivity contribution < 1.29 is 13.2 Å². The minimum absolute atomic E-state index is 0.00190. The molecule has 112 valence electrons. The smallest absolute Gasteiger partial charge is 0.214 e. The molecule has 2 heterocycles. The zero-order valence-corrected chi connectivity index (χ0v) is 12.8. The summed E-state index contributed by atoms with van der Waals surface area (Å²) in [6, 6.07) is 0.0118. The summed E-state index contributed by atoms with van der Waals surface area (Å²) >= 11 is 0. The summed E-state index contributed by atoms with van der Waals surface area (Å²) in [5.74, 6) is 0.540. The Morgan fingerprint density at radius 3 is 2.84 bits per heavy atom. The average molecular weight is 290 g/mol. The first-order valence-electron chi connectivity index (χ1n) is 7.34. The fourth-order valence-corrected chi connectivity index (χ4v) is 5.11. The molecule has 0 spiro atoms. The first-order chi connectivity index (χ1) is 9.03. The Morgan fingerprint density at radius 2 is 2.21 bits per heavy atom. The van der Waals surface area contributed by atoms with Crippen LogP contribution in [0.1, 0.15) is 33.1 Å². The van der Waals surface area contributed by atoms with E-state index in [2.05, 4.69) is 5.32 Å². The van der Waals surface area contributed by atoms with Crippen LogP contribution in [0, 0.1) is 5.92 Å². The molecule has 0 aromatic carbocycles. The Balaban J connectivity index is 2.03. The van der Waals surface area contributed by atoms with Crippen LogP contribution in [0.15, 0.2) is 0 Å². The molecule has 2 aliphatic rings. The number of morpholine rings is 1. The van der Waals surface area contributed by atoms with Crippen LogP contribution in [0.4, 0.5) is 0 Å². The summed E-state index contributed by atoms with van der Waals surface area (Å²) in [6.07, 6.45) is 2.91. The van der Waals surface area contributed by atoms with Gasteiger partial charge in [-0.2, -0.15) is 4.31 Å². The Hall–Kier alpha value is -0.170. The summed E-state index contributed by atoms with van der Waals surface area (Å²) in [5.41, 5.74) is 0. The molecule has 0 radical (unpaired) electrons. The van der Waals surface area contributed by atoms with Crippen molar-refractivity contribution in [3.05, 3.63) is 0 Å². The van der Waals surface area contributed by atoms with Crippen LogP contribution in [-0.4, -0.2) is 56.9 Å². The van der Waals surface area contributed by atoms with Crippen LogP contribution in [0.3, 0.4) is 0 Å². The molecular weight excluding hydrogens is 264 g/mol. The van der Waals surface area contributed by atoms with Crippen molar-refractivity contribution >= 4 is 10.0 Å². The lowest BCUT2D eigenvalue weighted by Gasteiger charge is -2.38. The summed E-state index contributed by atoms with van der Waals surface area (Å²) in [4.78, 5) is 0. The first kappa shape index (κ1) is 15.2. The Labute approximate surface area is 116 Å². The molecule has 0 aliphatic carbocycles. The number of sulfonamides is 1. The van der Waals surface area contributed by atoms with Crippen molar-refractivity contribution in [1.29, 1.82) is 0 Å². The van der Waals surface area contributed by atoms with Gasteiger partial charge in [0.1, 0.15) is 0 Å². The van der Waals surface area contributed by atoms with Gasteiger partial charge in [-0.3, -0.25) is 0 Å². The van der Waals surface area contributed by atoms with E-state index < -0.39 is 10.0 Å². The Bertz CT molecular complexity index is 379. The standard InChI is InChI=1S/C13H26N2O3S/c1-3-13-9-18-11(2)8-15(13)19(16,17)10-12-5-4-6-14-7-12/h11-14H,3-10H2,1-2H3. The first-order valence-corrected chi connectivity index (χ1v) is 8.95. The van der Waals surface area contributed by atoms with E-state index in [-0.39, 0.29) is 23.8 Å². The van der Waals surface area contributed by atoms with E-state index in [1.54, 1.807) is 4.31 Å². The molecule has 2 rings (SSSR count). The van der Waals surface area contributed by atoms with Crippen molar-refractivity contribution in [3.63, 3.8) is 0 Å². The molecule has 2 aliphatic heterocycles. The second kappa shape index (κ2) is 6.52. The van der Waals surface area contributed by atoms with Gasteiger partial charge in [0.25, 0.3) is 0 Å². The fourth-order valence-electron chi connectivity index (χ4n) is 2.94. The predicted octanol–water partition coefficient (Wildman–Crippen LogP) is 0.815. The fraction of sp³-hybridized carbons (Fsp3) is 1.00. The Kier molecular flexibility index (Phi) is 5.22. The van der Waals surface area contributed by atoms with Gasteiger partial charge >= 0.3 is 0 Å². The molecule has 3 unspecified atom stereocenters. The predicted molar refractivity (Wildman–Crippen MR) is 75.6 cm³/mol. The monoisotopic (exact) mass is 290 g/mol. The van der Waals surface area contributed by atoms with E-state index in [9.17, 15) is 8.42 Å². The highest BCUT2D eigenvalue weighted by Crippen LogP contribution is 2.22. The van der Waals surface area contributed by atoms with Crippen molar-refractivity contribution in [2.45, 2.75) is 45.3 Å². The van der Waals surface area contributed by atoms with Crippen molar-refractivity contribution in [2.75, 3.05) is 32.0 Å². The molecule has 1 N–H and O–H groups in total. The molecular formula is C13H26N2O3S. The Morgan fingerprint density at radius 1 is 1.42 bits per heavy atom. The summed E-state index contributed by atoms with van der Waals surface area (Å²) in [6.45, 7) is 6.84. The molecule has 0 amide bonds. The van der Waals surface area contributed by atoms with Crippen LogP contribution >= 0.6 is 0 Å². The van der Waals surface area contributed by atoms with Crippen LogP contribution in [0.25, 0.3) is 0 Å². The minimum Gasteiger partial charge on any atom is -0.375 e. The van der Waals surface area contributed by atoms with Gasteiger partial charge in [0.2, 0.25) is 10.0 Å². The number of ether oxygens (including phenoxy) is 1. The van der Waals surface area contributed by atoms with Crippen molar-refractivity contribution in [1.82, 2.24) is 9.62 Å². The third-order valence-corrected chi connectivity index (χ3v) is 6.15. The van der Waals surface area contributed by atoms with E-state index in [1.165, 1.54) is 0 Å². The topological polar surface area (TPSA) is 58.6 Å². The second-order valence-corrected chi connectivity index (χ2v) is 7.73. The number of piperidine rings is 1. The van der Waals surface area contributed by atoms with Gasteiger partial charge in [-0.15, -0.1) is 0 Å². The van der Waals surface area contributed by atoms with Crippen LogP contribution in [0.5, 0.6) is 0 Å². The quantitative estimate of drug-likeness (QED) is 0.832. The third-order valence-electron chi connectivity index (χ3n) is 4.09. The largest absolute Gasteiger partial charge is 0.375 e. The van der Waals surface area contributed by atoms with Gasteiger partial charge in [-0.05, 0) is 45.2 Å². The lowest BCUT2D eigenvalue weighted by Crippen LogP contribution is -2.53. The van der Waals surface area contributed by atoms with Gasteiger partial charge in [0.15, 0.2) is 0 Å². The van der Waals surface area contributed by atoms with Crippen LogP contribution in [-0.2, 0) is 14.8 Å². The SMILES string of the molecule is CCC1COC(C)CN1S(=O)(=O)CC1CCCNC1. The zero-order valence-electron chi connectivity index (χ0n) is 12.0. The highest BCUT2D eigenvalue weighted by Gasteiger charge is 2.35. The van der Waals surface area contributed by atoms with Gasteiger partial charge in [-0.25, -0.2) is 8.42 Å². The number of hydrogen-bond donors (Lipinski definition) is 1. The summed E-state index contributed by atoms with van der Waals surface area (Å²) < 4.78 is 32.5. The van der Waals surface area contributed by atoms with Gasteiger partial charge in [-0.1, -0.05) is 6.92 Å². The molecule has 5 nitrogen and oxygen atoms in total. The van der Waals surface area contributed by atoms with Gasteiger partial charge < -0.3 is 10.1 Å². The van der Waals surface area contributed by atoms with Crippen molar-refractivity contribution in [2.24, 2.45) is 5.92 Å². The van der Waals surface area contributed by atoms with E-state index in [4.69, 9.17) is 4.74 Å². The maximum Gasteiger partial charge on any atom is 0.214 e. The molecule has 0 aromatic heterocycles. The van der Waals surface area contributed by atoms with E-state index in [1.807, 2.05) is 13.8 Å². The maximum absolute atomic E-state index is 12.6. The van der Waals surface area contributed by atoms with E-state index in [0.29, 0.717) is 13.2 Å². The lowest BCUT2D eigenvalue weighted by molar-refractivity contribution is -0.0231. The normalized spacial score (nSPS) is 34.3. The molecule has 0 saturated carbocycles. The maximum atomic E-state index is 12.6. The molecule has 2 saturated heterocycles. The number of nitrogens with one attached hydrogen (secondary N) is 1. The number of rotatable bonds is 4. The number of hydrogen-bond acceptors (Lipinski definition) is 4. The molecule has 19 heavy (non-hydrogen) atoms. The zero-order chi connectivity index (χ0) is 13.9. The minimum atomic E-state index is -3.16. The molecule has 2 fully saturated rings. The van der Waals surface area contributed by atoms with E-state index in [0.717, 1.165) is 32.4 Å². The summed E-state index contributed by atoms with van der Waals surface area (Å²) in [7, 11) is -3.16. The van der Waals surface area contributed by atoms with E-state index >= 15 is 0 Å². The summed E-state index contributed by atoms with van der Waals surface area (Å²) in [5, 5.41) is 3.29. The van der Waals surface area contributed by atoms with Crippen molar-refractivity contribution in [3.8, 4) is 0 Å². The van der Waals surface area contributed by atoms with Gasteiger partial charge in [0.05, 0.1) is 18.5 Å². The average Bonchev–Trinajstić information content (AvgIpc) is 2.39. The lowest BCUT2D eigenvalue weighted by atomic mass is 10.0. The molecule has 0 bridgehead atoms. The number of nitrogens with zero attached hydrogens (tertiary/aromatic N) is 1. The molecule has 0 aromatic rings. The third kappa shape index (κ3) is 3.90. The highest BCUT2D eigenvalue weighted by atomic mass is 32.2. The van der Waals surface area contributed by atoms with Crippen LogP contribution in [0.2, 0.25) is 0 Å². The highest BCUT2D eigenvalue weighted by molar-refractivity contribution is 7.89. The van der Waals surface area contributed by atoms with Crippen LogP contribution < -0.4 is 5.32 Å².